The van der Waals surface area contributed by atoms with E-state index in [2.05, 4.69) is 13.8 Å². The quantitative estimate of drug-likeness (QED) is 0.724. The second-order valence-electron chi connectivity index (χ2n) is 5.85. The minimum absolute atomic E-state index is 0.368. The van der Waals surface area contributed by atoms with Crippen molar-refractivity contribution in [3.05, 3.63) is 12.2 Å². The molecule has 3 unspecified atom stereocenters. The first kappa shape index (κ1) is 12.1. The third-order valence-corrected chi connectivity index (χ3v) is 4.99. The molecular formula is C14H24O2. The van der Waals surface area contributed by atoms with Gasteiger partial charge in [0.25, 0.3) is 0 Å². The Morgan fingerprint density at radius 3 is 2.69 bits per heavy atom. The molecule has 0 heterocycles. The van der Waals surface area contributed by atoms with Crippen LogP contribution in [0.4, 0.5) is 0 Å². The normalized spacial score (nSPS) is 47.0. The number of hydrogen-bond donors (Lipinski definition) is 2. The lowest BCUT2D eigenvalue weighted by Gasteiger charge is -2.54. The molecule has 92 valence electrons. The predicted molar refractivity (Wildman–Crippen MR) is 65.1 cm³/mol. The molecule has 2 nitrogen and oxygen atoms in total. The molecule has 2 rings (SSSR count). The number of hydrogen-bond acceptors (Lipinski definition) is 2. The molecule has 2 aliphatic carbocycles. The van der Waals surface area contributed by atoms with Crippen LogP contribution in [0.3, 0.4) is 0 Å². The first-order chi connectivity index (χ1) is 7.47. The van der Waals surface area contributed by atoms with Crippen LogP contribution in [0, 0.1) is 5.41 Å². The Labute approximate surface area is 98.4 Å². The lowest BCUT2D eigenvalue weighted by molar-refractivity contribution is -0.192. The summed E-state index contributed by atoms with van der Waals surface area (Å²) in [5.41, 5.74) is -1.82. The average Bonchev–Trinajstić information content (AvgIpc) is 2.54. The fourth-order valence-corrected chi connectivity index (χ4v) is 3.60. The van der Waals surface area contributed by atoms with Crippen molar-refractivity contribution in [3.63, 3.8) is 0 Å². The van der Waals surface area contributed by atoms with Crippen molar-refractivity contribution < 1.29 is 10.2 Å². The molecule has 0 aromatic carbocycles. The van der Waals surface area contributed by atoms with E-state index in [1.54, 1.807) is 0 Å². The van der Waals surface area contributed by atoms with E-state index in [0.29, 0.717) is 0 Å². The number of allylic oxidation sites excluding steroid dienone is 1. The zero-order chi connectivity index (χ0) is 11.9. The van der Waals surface area contributed by atoms with Gasteiger partial charge >= 0.3 is 0 Å². The van der Waals surface area contributed by atoms with Crippen LogP contribution in [-0.2, 0) is 0 Å². The van der Waals surface area contributed by atoms with Gasteiger partial charge in [-0.2, -0.15) is 0 Å². The van der Waals surface area contributed by atoms with E-state index >= 15 is 0 Å². The van der Waals surface area contributed by atoms with Crippen molar-refractivity contribution in [1.82, 2.24) is 0 Å². The van der Waals surface area contributed by atoms with E-state index in [1.807, 2.05) is 12.2 Å². The molecule has 0 aliphatic heterocycles. The van der Waals surface area contributed by atoms with Crippen molar-refractivity contribution in [2.75, 3.05) is 0 Å². The van der Waals surface area contributed by atoms with E-state index in [0.717, 1.165) is 44.9 Å². The second kappa shape index (κ2) is 3.85. The van der Waals surface area contributed by atoms with Crippen LogP contribution >= 0.6 is 0 Å². The Hall–Kier alpha value is -0.340. The number of unbranched alkanes of at least 4 members (excludes halogenated alkanes) is 1. The van der Waals surface area contributed by atoms with E-state index < -0.39 is 11.2 Å². The maximum atomic E-state index is 10.9. The largest absolute Gasteiger partial charge is 0.389 e. The smallest absolute Gasteiger partial charge is 0.0911 e. The Bertz CT molecular complexity index is 299. The fraction of sp³-hybridized carbons (Fsp3) is 0.857. The Kier molecular flexibility index (Phi) is 2.92. The van der Waals surface area contributed by atoms with Gasteiger partial charge in [0.2, 0.25) is 0 Å². The first-order valence-corrected chi connectivity index (χ1v) is 6.60. The van der Waals surface area contributed by atoms with Crippen LogP contribution in [0.25, 0.3) is 0 Å². The maximum Gasteiger partial charge on any atom is 0.0911 e. The molecule has 2 heteroatoms. The van der Waals surface area contributed by atoms with Crippen LogP contribution in [0.2, 0.25) is 0 Å². The first-order valence-electron chi connectivity index (χ1n) is 6.60. The maximum absolute atomic E-state index is 10.9. The SMILES string of the molecule is CCCCC1(O)CCCC2(O)C=CCC21C. The number of aliphatic hydroxyl groups is 2. The molecule has 2 N–H and O–H groups in total. The Morgan fingerprint density at radius 2 is 2.00 bits per heavy atom. The van der Waals surface area contributed by atoms with E-state index in [4.69, 9.17) is 0 Å². The van der Waals surface area contributed by atoms with Crippen LogP contribution in [0.5, 0.6) is 0 Å². The zero-order valence-electron chi connectivity index (χ0n) is 10.5. The summed E-state index contributed by atoms with van der Waals surface area (Å²) in [6.07, 6.45) is 10.3. The van der Waals surface area contributed by atoms with Crippen molar-refractivity contribution in [1.29, 1.82) is 0 Å². The third kappa shape index (κ3) is 1.46. The van der Waals surface area contributed by atoms with Gasteiger partial charge < -0.3 is 10.2 Å². The van der Waals surface area contributed by atoms with Crippen molar-refractivity contribution >= 4 is 0 Å². The summed E-state index contributed by atoms with van der Waals surface area (Å²) in [7, 11) is 0. The van der Waals surface area contributed by atoms with Crippen molar-refractivity contribution in [2.45, 2.75) is 70.0 Å². The van der Waals surface area contributed by atoms with Gasteiger partial charge in [0.1, 0.15) is 0 Å². The Balaban J connectivity index is 2.26. The summed E-state index contributed by atoms with van der Waals surface area (Å²) in [5.74, 6) is 0. The Morgan fingerprint density at radius 1 is 1.25 bits per heavy atom. The van der Waals surface area contributed by atoms with Gasteiger partial charge in [-0.15, -0.1) is 0 Å². The van der Waals surface area contributed by atoms with Gasteiger partial charge in [-0.25, -0.2) is 0 Å². The van der Waals surface area contributed by atoms with Gasteiger partial charge in [0, 0.05) is 5.41 Å². The summed E-state index contributed by atoms with van der Waals surface area (Å²) in [6.45, 7) is 4.20. The van der Waals surface area contributed by atoms with Crippen LogP contribution < -0.4 is 0 Å². The highest BCUT2D eigenvalue weighted by molar-refractivity contribution is 5.25. The summed E-state index contributed by atoms with van der Waals surface area (Å²) < 4.78 is 0. The molecule has 0 aromatic rings. The average molecular weight is 224 g/mol. The zero-order valence-corrected chi connectivity index (χ0v) is 10.5. The summed E-state index contributed by atoms with van der Waals surface area (Å²) in [5, 5.41) is 21.6. The summed E-state index contributed by atoms with van der Waals surface area (Å²) >= 11 is 0. The highest BCUT2D eigenvalue weighted by Crippen LogP contribution is 2.57. The molecule has 16 heavy (non-hydrogen) atoms. The monoisotopic (exact) mass is 224 g/mol. The van der Waals surface area contributed by atoms with E-state index in [-0.39, 0.29) is 5.41 Å². The third-order valence-electron chi connectivity index (χ3n) is 4.99. The molecule has 1 saturated carbocycles. The molecule has 0 radical (unpaired) electrons. The van der Waals surface area contributed by atoms with Gasteiger partial charge in [-0.05, 0) is 32.1 Å². The lowest BCUT2D eigenvalue weighted by atomic mass is 9.56. The van der Waals surface area contributed by atoms with Gasteiger partial charge in [0.05, 0.1) is 11.2 Å². The number of fused-ring (bicyclic) bond motifs is 1. The van der Waals surface area contributed by atoms with Gasteiger partial charge in [-0.1, -0.05) is 38.8 Å². The topological polar surface area (TPSA) is 40.5 Å². The van der Waals surface area contributed by atoms with Gasteiger partial charge in [-0.3, -0.25) is 0 Å². The minimum Gasteiger partial charge on any atom is -0.389 e. The van der Waals surface area contributed by atoms with Crippen LogP contribution in [0.1, 0.15) is 58.8 Å². The van der Waals surface area contributed by atoms with Crippen molar-refractivity contribution in [3.8, 4) is 0 Å². The van der Waals surface area contributed by atoms with Crippen LogP contribution in [-0.4, -0.2) is 21.4 Å². The number of rotatable bonds is 3. The lowest BCUT2D eigenvalue weighted by Crippen LogP contribution is -2.60. The molecule has 0 spiro atoms. The molecule has 0 saturated heterocycles. The molecule has 2 aliphatic rings. The van der Waals surface area contributed by atoms with Gasteiger partial charge in [0.15, 0.2) is 0 Å². The molecule has 1 fully saturated rings. The second-order valence-corrected chi connectivity index (χ2v) is 5.85. The molecule has 0 bridgehead atoms. The molecule has 0 aromatic heterocycles. The molecular weight excluding hydrogens is 200 g/mol. The molecule has 0 amide bonds. The van der Waals surface area contributed by atoms with E-state index in [1.165, 1.54) is 0 Å². The van der Waals surface area contributed by atoms with Crippen molar-refractivity contribution in [2.24, 2.45) is 5.41 Å². The highest BCUT2D eigenvalue weighted by Gasteiger charge is 2.61. The molecule has 3 atom stereocenters. The fourth-order valence-electron chi connectivity index (χ4n) is 3.60. The predicted octanol–water partition coefficient (Wildman–Crippen LogP) is 2.79. The van der Waals surface area contributed by atoms with Crippen LogP contribution in [0.15, 0.2) is 12.2 Å². The standard InChI is InChI=1S/C14H24O2/c1-3-4-8-13(15)10-6-11-14(16)9-5-7-12(13,14)2/h5,9,15-16H,3-4,6-8,10-11H2,1-2H3. The highest BCUT2D eigenvalue weighted by atomic mass is 16.3. The summed E-state index contributed by atoms with van der Waals surface area (Å²) in [6, 6.07) is 0. The summed E-state index contributed by atoms with van der Waals surface area (Å²) in [4.78, 5) is 0. The van der Waals surface area contributed by atoms with E-state index in [9.17, 15) is 10.2 Å². The minimum atomic E-state index is -0.770.